The Balaban J connectivity index is 2.65. The van der Waals surface area contributed by atoms with Gasteiger partial charge in [-0.2, -0.15) is 0 Å². The van der Waals surface area contributed by atoms with Gasteiger partial charge >= 0.3 is 0 Å². The lowest BCUT2D eigenvalue weighted by Crippen LogP contribution is -1.99. The van der Waals surface area contributed by atoms with Crippen LogP contribution in [0.25, 0.3) is 0 Å². The van der Waals surface area contributed by atoms with Crippen LogP contribution >= 0.6 is 15.9 Å². The van der Waals surface area contributed by atoms with Crippen molar-refractivity contribution in [2.75, 3.05) is 5.73 Å². The molecule has 1 aromatic carbocycles. The summed E-state index contributed by atoms with van der Waals surface area (Å²) in [5.41, 5.74) is 7.00. The first kappa shape index (κ1) is 12.0. The first-order valence-corrected chi connectivity index (χ1v) is 5.63. The fraction of sp³-hybridized carbons (Fsp3) is 0.250. The molecule has 15 heavy (non-hydrogen) atoms. The van der Waals surface area contributed by atoms with Crippen molar-refractivity contribution >= 4 is 27.4 Å². The Morgan fingerprint density at radius 3 is 2.87 bits per heavy atom. The fourth-order valence-electron chi connectivity index (χ4n) is 1.25. The van der Waals surface area contributed by atoms with Crippen LogP contribution in [0.2, 0.25) is 0 Å². The number of nitrogen functional groups attached to an aromatic ring is 1. The summed E-state index contributed by atoms with van der Waals surface area (Å²) in [5, 5.41) is 0. The Kier molecular flexibility index (Phi) is 4.56. The molecule has 0 aliphatic rings. The van der Waals surface area contributed by atoms with Crippen molar-refractivity contribution in [1.82, 2.24) is 0 Å². The lowest BCUT2D eigenvalue weighted by Gasteiger charge is -2.02. The Labute approximate surface area is 98.3 Å². The Bertz CT molecular complexity index is 374. The number of anilines is 1. The van der Waals surface area contributed by atoms with Crippen molar-refractivity contribution in [3.05, 3.63) is 40.9 Å². The van der Waals surface area contributed by atoms with Gasteiger partial charge in [0.1, 0.15) is 0 Å². The number of hydrogen-bond acceptors (Lipinski definition) is 2. The minimum Gasteiger partial charge on any atom is -0.398 e. The van der Waals surface area contributed by atoms with Crippen molar-refractivity contribution in [2.45, 2.75) is 19.3 Å². The summed E-state index contributed by atoms with van der Waals surface area (Å²) in [7, 11) is 0. The summed E-state index contributed by atoms with van der Waals surface area (Å²) in [6.07, 6.45) is 4.11. The quantitative estimate of drug-likeness (QED) is 0.384. The second kappa shape index (κ2) is 5.71. The first-order valence-electron chi connectivity index (χ1n) is 4.84. The number of rotatable bonds is 5. The molecule has 0 amide bonds. The van der Waals surface area contributed by atoms with Crippen LogP contribution in [0.1, 0.15) is 29.6 Å². The SMILES string of the molecule is C=CCCCC(=O)c1ccc(N)c(Br)c1. The highest BCUT2D eigenvalue weighted by Gasteiger charge is 2.06. The molecule has 0 radical (unpaired) electrons. The average molecular weight is 268 g/mol. The van der Waals surface area contributed by atoms with E-state index >= 15 is 0 Å². The zero-order chi connectivity index (χ0) is 11.3. The maximum atomic E-state index is 11.7. The molecule has 0 bridgehead atoms. The highest BCUT2D eigenvalue weighted by Crippen LogP contribution is 2.21. The number of allylic oxidation sites excluding steroid dienone is 1. The number of halogens is 1. The van der Waals surface area contributed by atoms with Crippen LogP contribution < -0.4 is 5.73 Å². The summed E-state index contributed by atoms with van der Waals surface area (Å²) >= 11 is 3.30. The number of unbranched alkanes of at least 4 members (excludes halogenated alkanes) is 1. The van der Waals surface area contributed by atoms with Crippen LogP contribution in [0.15, 0.2) is 35.3 Å². The van der Waals surface area contributed by atoms with Gasteiger partial charge in [0.2, 0.25) is 0 Å². The van der Waals surface area contributed by atoms with Crippen molar-refractivity contribution in [3.8, 4) is 0 Å². The van der Waals surface area contributed by atoms with E-state index < -0.39 is 0 Å². The topological polar surface area (TPSA) is 43.1 Å². The third-order valence-electron chi connectivity index (χ3n) is 2.13. The van der Waals surface area contributed by atoms with Gasteiger partial charge in [-0.15, -0.1) is 6.58 Å². The fourth-order valence-corrected chi connectivity index (χ4v) is 1.63. The molecule has 0 saturated heterocycles. The summed E-state index contributed by atoms with van der Waals surface area (Å²) < 4.78 is 0.775. The van der Waals surface area contributed by atoms with Gasteiger partial charge in [-0.05, 0) is 47.0 Å². The van der Waals surface area contributed by atoms with E-state index in [2.05, 4.69) is 22.5 Å². The van der Waals surface area contributed by atoms with Crippen LogP contribution in [0.4, 0.5) is 5.69 Å². The molecule has 0 saturated carbocycles. The monoisotopic (exact) mass is 267 g/mol. The van der Waals surface area contributed by atoms with Gasteiger partial charge in [0, 0.05) is 22.1 Å². The second-order valence-corrected chi connectivity index (χ2v) is 4.19. The molecule has 0 fully saturated rings. The molecule has 2 nitrogen and oxygen atoms in total. The smallest absolute Gasteiger partial charge is 0.162 e. The molecule has 0 atom stereocenters. The predicted octanol–water partition coefficient (Wildman–Crippen LogP) is 3.57. The van der Waals surface area contributed by atoms with Gasteiger partial charge in [-0.3, -0.25) is 4.79 Å². The molecule has 0 aliphatic heterocycles. The third-order valence-corrected chi connectivity index (χ3v) is 2.82. The van der Waals surface area contributed by atoms with Crippen LogP contribution in [-0.2, 0) is 0 Å². The maximum absolute atomic E-state index is 11.7. The predicted molar refractivity (Wildman–Crippen MR) is 66.9 cm³/mol. The van der Waals surface area contributed by atoms with Crippen molar-refractivity contribution < 1.29 is 4.79 Å². The molecule has 3 heteroatoms. The van der Waals surface area contributed by atoms with Crippen LogP contribution in [-0.4, -0.2) is 5.78 Å². The molecule has 0 unspecified atom stereocenters. The van der Waals surface area contributed by atoms with Crippen LogP contribution in [0, 0.1) is 0 Å². The molecule has 0 heterocycles. The highest BCUT2D eigenvalue weighted by atomic mass is 79.9. The average Bonchev–Trinajstić information content (AvgIpc) is 2.22. The van der Waals surface area contributed by atoms with E-state index in [1.165, 1.54) is 0 Å². The number of hydrogen-bond donors (Lipinski definition) is 1. The van der Waals surface area contributed by atoms with Gasteiger partial charge < -0.3 is 5.73 Å². The van der Waals surface area contributed by atoms with Gasteiger partial charge in [-0.1, -0.05) is 6.08 Å². The number of ketones is 1. The van der Waals surface area contributed by atoms with E-state index in [-0.39, 0.29) is 5.78 Å². The van der Waals surface area contributed by atoms with Crippen LogP contribution in [0.5, 0.6) is 0 Å². The summed E-state index contributed by atoms with van der Waals surface area (Å²) in [5.74, 6) is 0.151. The number of benzene rings is 1. The van der Waals surface area contributed by atoms with E-state index in [1.54, 1.807) is 18.2 Å². The second-order valence-electron chi connectivity index (χ2n) is 3.34. The van der Waals surface area contributed by atoms with Gasteiger partial charge in [0.05, 0.1) is 0 Å². The normalized spacial score (nSPS) is 9.93. The van der Waals surface area contributed by atoms with E-state index in [9.17, 15) is 4.79 Å². The minimum absolute atomic E-state index is 0.151. The maximum Gasteiger partial charge on any atom is 0.162 e. The van der Waals surface area contributed by atoms with E-state index in [1.807, 2.05) is 6.08 Å². The number of carbonyl (C=O) groups is 1. The standard InChI is InChI=1S/C12H14BrNO/c1-2-3-4-5-12(15)9-6-7-11(14)10(13)8-9/h2,6-8H,1,3-5,14H2. The zero-order valence-corrected chi connectivity index (χ0v) is 10.1. The van der Waals surface area contributed by atoms with Crippen molar-refractivity contribution in [3.63, 3.8) is 0 Å². The highest BCUT2D eigenvalue weighted by molar-refractivity contribution is 9.10. The summed E-state index contributed by atoms with van der Waals surface area (Å²) in [6, 6.07) is 5.27. The molecular formula is C12H14BrNO. The largest absolute Gasteiger partial charge is 0.398 e. The summed E-state index contributed by atoms with van der Waals surface area (Å²) in [4.78, 5) is 11.7. The van der Waals surface area contributed by atoms with Crippen molar-refractivity contribution in [2.24, 2.45) is 0 Å². The third kappa shape index (κ3) is 3.51. The molecule has 1 aromatic rings. The van der Waals surface area contributed by atoms with Crippen LogP contribution in [0.3, 0.4) is 0 Å². The lowest BCUT2D eigenvalue weighted by molar-refractivity contribution is 0.0980. The van der Waals surface area contributed by atoms with Gasteiger partial charge in [0.25, 0.3) is 0 Å². The molecule has 0 spiro atoms. The summed E-state index contributed by atoms with van der Waals surface area (Å²) in [6.45, 7) is 3.62. The number of carbonyl (C=O) groups excluding carboxylic acids is 1. The molecule has 0 aliphatic carbocycles. The van der Waals surface area contributed by atoms with E-state index in [0.29, 0.717) is 17.7 Å². The zero-order valence-electron chi connectivity index (χ0n) is 8.50. The first-order chi connectivity index (χ1) is 7.15. The van der Waals surface area contributed by atoms with Gasteiger partial charge in [-0.25, -0.2) is 0 Å². The molecule has 80 valence electrons. The number of nitrogens with two attached hydrogens (primary N) is 1. The minimum atomic E-state index is 0.151. The van der Waals surface area contributed by atoms with E-state index in [4.69, 9.17) is 5.73 Å². The van der Waals surface area contributed by atoms with Gasteiger partial charge in [0.15, 0.2) is 5.78 Å². The van der Waals surface area contributed by atoms with Crippen molar-refractivity contribution in [1.29, 1.82) is 0 Å². The van der Waals surface area contributed by atoms with E-state index in [0.717, 1.165) is 17.3 Å². The Morgan fingerprint density at radius 1 is 1.53 bits per heavy atom. The molecular weight excluding hydrogens is 254 g/mol. The molecule has 1 rings (SSSR count). The Hall–Kier alpha value is -1.09. The number of Topliss-reactive ketones (excluding diaryl/α,β-unsaturated/α-hetero) is 1. The Morgan fingerprint density at radius 2 is 2.27 bits per heavy atom. The molecule has 2 N–H and O–H groups in total. The molecule has 0 aromatic heterocycles. The lowest BCUT2D eigenvalue weighted by atomic mass is 10.1.